The van der Waals surface area contributed by atoms with Gasteiger partial charge in [0.15, 0.2) is 28.2 Å². The average Bonchev–Trinajstić information content (AvgIpc) is 2.36. The molecule has 1 aromatic carbocycles. The Morgan fingerprint density at radius 3 is 2.19 bits per heavy atom. The Labute approximate surface area is 125 Å². The maximum atomic E-state index is 13.6. The first-order chi connectivity index (χ1) is 9.25. The molecule has 21 heavy (non-hydrogen) atoms. The molecule has 1 saturated heterocycles. The summed E-state index contributed by atoms with van der Waals surface area (Å²) in [4.78, 5) is -1.58. The molecule has 1 heterocycles. The molecule has 1 unspecified atom stereocenters. The lowest BCUT2D eigenvalue weighted by molar-refractivity contribution is 0.305. The Bertz CT molecular complexity index is 615. The molecule has 1 aromatic rings. The Kier molecular flexibility index (Phi) is 5.59. The van der Waals surface area contributed by atoms with Crippen LogP contribution in [0.15, 0.2) is 11.0 Å². The van der Waals surface area contributed by atoms with Gasteiger partial charge in [0, 0.05) is 31.7 Å². The van der Waals surface area contributed by atoms with Crippen LogP contribution >= 0.6 is 12.4 Å². The van der Waals surface area contributed by atoms with E-state index in [1.165, 1.54) is 0 Å². The Morgan fingerprint density at radius 2 is 1.71 bits per heavy atom. The van der Waals surface area contributed by atoms with Crippen molar-refractivity contribution in [3.63, 3.8) is 0 Å². The standard InChI is InChI=1S/C11H12F4N2O2S.ClH/c1-6-5-17(3-2-16-6)20(18,19)11-9(14)7(12)4-8(13)10(11)15;/h4,6,16H,2-3,5H2,1H3;1H. The Morgan fingerprint density at radius 1 is 1.19 bits per heavy atom. The van der Waals surface area contributed by atoms with Gasteiger partial charge in [-0.15, -0.1) is 12.4 Å². The molecule has 0 bridgehead atoms. The first kappa shape index (κ1) is 18.1. The zero-order valence-corrected chi connectivity index (χ0v) is 12.5. The first-order valence-electron chi connectivity index (χ1n) is 5.81. The van der Waals surface area contributed by atoms with Gasteiger partial charge in [-0.3, -0.25) is 0 Å². The van der Waals surface area contributed by atoms with Crippen molar-refractivity contribution < 1.29 is 26.0 Å². The smallest absolute Gasteiger partial charge is 0.249 e. The van der Waals surface area contributed by atoms with Crippen molar-refractivity contribution >= 4 is 22.4 Å². The van der Waals surface area contributed by atoms with Crippen LogP contribution in [0.1, 0.15) is 6.92 Å². The Balaban J connectivity index is 0.00000220. The Hall–Kier alpha value is -0.900. The molecule has 0 radical (unpaired) electrons. The third-order valence-electron chi connectivity index (χ3n) is 3.00. The summed E-state index contributed by atoms with van der Waals surface area (Å²) in [7, 11) is -4.64. The first-order valence-corrected chi connectivity index (χ1v) is 7.25. The minimum absolute atomic E-state index is 0. The molecular formula is C11H13ClF4N2O2S. The maximum Gasteiger partial charge on any atom is 0.249 e. The zero-order valence-electron chi connectivity index (χ0n) is 10.9. The van der Waals surface area contributed by atoms with Crippen molar-refractivity contribution in [2.24, 2.45) is 0 Å². The van der Waals surface area contributed by atoms with Crippen LogP contribution in [0, 0.1) is 23.3 Å². The van der Waals surface area contributed by atoms with E-state index in [0.29, 0.717) is 0 Å². The van der Waals surface area contributed by atoms with E-state index in [1.54, 1.807) is 6.92 Å². The van der Waals surface area contributed by atoms with Gasteiger partial charge in [0.1, 0.15) is 0 Å². The normalized spacial score (nSPS) is 20.1. The summed E-state index contributed by atoms with van der Waals surface area (Å²) in [6, 6.07) is -0.257. The minimum Gasteiger partial charge on any atom is -0.312 e. The number of hydrogen-bond acceptors (Lipinski definition) is 3. The van der Waals surface area contributed by atoms with Crippen LogP contribution < -0.4 is 5.32 Å². The SMILES string of the molecule is CC1CN(S(=O)(=O)c2c(F)c(F)cc(F)c2F)CCN1.Cl. The van der Waals surface area contributed by atoms with Crippen LogP contribution in [0.2, 0.25) is 0 Å². The molecule has 0 spiro atoms. The lowest BCUT2D eigenvalue weighted by Crippen LogP contribution is -2.51. The van der Waals surface area contributed by atoms with Gasteiger partial charge in [-0.25, -0.2) is 26.0 Å². The second-order valence-electron chi connectivity index (χ2n) is 4.52. The summed E-state index contributed by atoms with van der Waals surface area (Å²) >= 11 is 0. The molecular weight excluding hydrogens is 336 g/mol. The molecule has 1 atom stereocenters. The monoisotopic (exact) mass is 348 g/mol. The maximum absolute atomic E-state index is 13.6. The third-order valence-corrected chi connectivity index (χ3v) is 4.89. The van der Waals surface area contributed by atoms with E-state index >= 15 is 0 Å². The van der Waals surface area contributed by atoms with Gasteiger partial charge in [0.05, 0.1) is 0 Å². The number of sulfonamides is 1. The second-order valence-corrected chi connectivity index (χ2v) is 6.39. The van der Waals surface area contributed by atoms with Crippen molar-refractivity contribution in [1.29, 1.82) is 0 Å². The van der Waals surface area contributed by atoms with Crippen LogP contribution in [0.3, 0.4) is 0 Å². The van der Waals surface area contributed by atoms with Crippen molar-refractivity contribution in [2.45, 2.75) is 17.9 Å². The third kappa shape index (κ3) is 3.31. The van der Waals surface area contributed by atoms with Crippen molar-refractivity contribution in [3.05, 3.63) is 29.3 Å². The van der Waals surface area contributed by atoms with Gasteiger partial charge >= 0.3 is 0 Å². The van der Waals surface area contributed by atoms with Crippen molar-refractivity contribution in [3.8, 4) is 0 Å². The van der Waals surface area contributed by atoms with Crippen molar-refractivity contribution in [1.82, 2.24) is 9.62 Å². The highest BCUT2D eigenvalue weighted by molar-refractivity contribution is 7.89. The second kappa shape index (κ2) is 6.47. The van der Waals surface area contributed by atoms with E-state index < -0.39 is 38.2 Å². The highest BCUT2D eigenvalue weighted by Crippen LogP contribution is 2.27. The highest BCUT2D eigenvalue weighted by Gasteiger charge is 2.36. The van der Waals surface area contributed by atoms with E-state index in [-0.39, 0.29) is 44.1 Å². The molecule has 0 aliphatic carbocycles. The fraction of sp³-hybridized carbons (Fsp3) is 0.455. The largest absolute Gasteiger partial charge is 0.312 e. The number of hydrogen-bond donors (Lipinski definition) is 1. The lowest BCUT2D eigenvalue weighted by atomic mass is 10.3. The minimum atomic E-state index is -4.64. The quantitative estimate of drug-likeness (QED) is 0.653. The van der Waals surface area contributed by atoms with Crippen LogP contribution in [-0.4, -0.2) is 38.4 Å². The number of nitrogens with one attached hydrogen (secondary N) is 1. The molecule has 120 valence electrons. The summed E-state index contributed by atoms with van der Waals surface area (Å²) in [6.45, 7) is 1.88. The lowest BCUT2D eigenvalue weighted by Gasteiger charge is -2.31. The molecule has 0 amide bonds. The number of piperazine rings is 1. The van der Waals surface area contributed by atoms with E-state index in [1.807, 2.05) is 0 Å². The van der Waals surface area contributed by atoms with Gasteiger partial charge in [0.2, 0.25) is 10.0 Å². The van der Waals surface area contributed by atoms with E-state index in [0.717, 1.165) is 4.31 Å². The number of rotatable bonds is 2. The number of nitrogens with zero attached hydrogens (tertiary/aromatic N) is 1. The number of benzene rings is 1. The summed E-state index contributed by atoms with van der Waals surface area (Å²) in [6.07, 6.45) is 0. The summed E-state index contributed by atoms with van der Waals surface area (Å²) in [5.74, 6) is -7.30. The molecule has 1 aliphatic heterocycles. The molecule has 2 rings (SSSR count). The van der Waals surface area contributed by atoms with E-state index in [4.69, 9.17) is 0 Å². The summed E-state index contributed by atoms with van der Waals surface area (Å²) < 4.78 is 78.5. The van der Waals surface area contributed by atoms with E-state index in [2.05, 4.69) is 5.32 Å². The fourth-order valence-corrected chi connectivity index (χ4v) is 3.68. The van der Waals surface area contributed by atoms with E-state index in [9.17, 15) is 26.0 Å². The van der Waals surface area contributed by atoms with Crippen LogP contribution in [0.5, 0.6) is 0 Å². The molecule has 1 N–H and O–H groups in total. The molecule has 1 fully saturated rings. The molecule has 0 aromatic heterocycles. The van der Waals surface area contributed by atoms with Gasteiger partial charge < -0.3 is 5.32 Å². The van der Waals surface area contributed by atoms with Crippen molar-refractivity contribution in [2.75, 3.05) is 19.6 Å². The predicted molar refractivity (Wildman–Crippen MR) is 69.7 cm³/mol. The van der Waals surface area contributed by atoms with Gasteiger partial charge in [-0.2, -0.15) is 4.31 Å². The summed E-state index contributed by atoms with van der Waals surface area (Å²) in [5.41, 5.74) is 0. The zero-order chi connectivity index (χ0) is 15.1. The van der Waals surface area contributed by atoms with Crippen LogP contribution in [-0.2, 0) is 10.0 Å². The topological polar surface area (TPSA) is 49.4 Å². The number of halogens is 5. The molecule has 10 heteroatoms. The van der Waals surface area contributed by atoms with Gasteiger partial charge in [-0.05, 0) is 6.92 Å². The molecule has 4 nitrogen and oxygen atoms in total. The predicted octanol–water partition coefficient (Wildman–Crippen LogP) is 1.65. The highest BCUT2D eigenvalue weighted by atomic mass is 35.5. The van der Waals surface area contributed by atoms with Gasteiger partial charge in [0.25, 0.3) is 0 Å². The molecule has 1 aliphatic rings. The summed E-state index contributed by atoms with van der Waals surface area (Å²) in [5, 5.41) is 2.95. The van der Waals surface area contributed by atoms with Crippen LogP contribution in [0.25, 0.3) is 0 Å². The fourth-order valence-electron chi connectivity index (χ4n) is 2.02. The van der Waals surface area contributed by atoms with Gasteiger partial charge in [-0.1, -0.05) is 0 Å². The molecule has 0 saturated carbocycles. The van der Waals surface area contributed by atoms with Crippen LogP contribution in [0.4, 0.5) is 17.6 Å². The average molecular weight is 349 g/mol.